The second-order valence-electron chi connectivity index (χ2n) is 8.01. The van der Waals surface area contributed by atoms with E-state index in [1.807, 2.05) is 57.2 Å². The van der Waals surface area contributed by atoms with Crippen LogP contribution >= 0.6 is 0 Å². The van der Waals surface area contributed by atoms with Crippen LogP contribution in [-0.2, 0) is 12.0 Å². The van der Waals surface area contributed by atoms with Crippen LogP contribution in [0.4, 0.5) is 5.69 Å². The number of carbonyl (C=O) groups is 1. The minimum Gasteiger partial charge on any atom is -0.343 e. The van der Waals surface area contributed by atoms with E-state index >= 15 is 0 Å². The van der Waals surface area contributed by atoms with Gasteiger partial charge in [0, 0.05) is 30.5 Å². The van der Waals surface area contributed by atoms with Crippen LogP contribution in [0, 0.1) is 12.0 Å². The first-order valence-electron chi connectivity index (χ1n) is 10.1. The second-order valence-corrected chi connectivity index (χ2v) is 8.01. The molecule has 30 heavy (non-hydrogen) atoms. The molecule has 1 N–H and O–H groups in total. The maximum Gasteiger partial charge on any atom is 0.251 e. The number of fused-ring (bicyclic) bond motifs is 1. The van der Waals surface area contributed by atoms with Crippen LogP contribution in [-0.4, -0.2) is 17.4 Å². The lowest BCUT2D eigenvalue weighted by molar-refractivity contribution is 0.0912. The van der Waals surface area contributed by atoms with E-state index in [9.17, 15) is 4.79 Å². The number of benzene rings is 2. The van der Waals surface area contributed by atoms with E-state index in [0.717, 1.165) is 29.7 Å². The van der Waals surface area contributed by atoms with Crippen LogP contribution in [0.15, 0.2) is 67.0 Å². The van der Waals surface area contributed by atoms with Gasteiger partial charge in [-0.05, 0) is 79.8 Å². The zero-order valence-electron chi connectivity index (χ0n) is 17.6. The lowest BCUT2D eigenvalue weighted by atomic mass is 9.95. The molecule has 0 bridgehead atoms. The quantitative estimate of drug-likeness (QED) is 0.648. The van der Waals surface area contributed by atoms with Gasteiger partial charge < -0.3 is 10.2 Å². The van der Waals surface area contributed by atoms with E-state index in [4.69, 9.17) is 0 Å². The van der Waals surface area contributed by atoms with Gasteiger partial charge in [0.1, 0.15) is 0 Å². The lowest BCUT2D eigenvalue weighted by Crippen LogP contribution is -2.41. The molecule has 0 atom stereocenters. The summed E-state index contributed by atoms with van der Waals surface area (Å²) in [5.41, 5.74) is 5.87. The van der Waals surface area contributed by atoms with Crippen molar-refractivity contribution in [2.24, 2.45) is 0 Å². The number of carbonyl (C=O) groups excluding carboxylic acids is 1. The molecule has 1 amide bonds. The minimum absolute atomic E-state index is 0.0989. The van der Waals surface area contributed by atoms with E-state index in [2.05, 4.69) is 45.4 Å². The third kappa shape index (κ3) is 3.92. The number of aromatic nitrogens is 1. The number of amides is 1. The average Bonchev–Trinajstić information content (AvgIpc) is 3.16. The topological polar surface area (TPSA) is 45.2 Å². The number of anilines is 1. The first-order chi connectivity index (χ1) is 14.5. The van der Waals surface area contributed by atoms with Crippen LogP contribution < -0.4 is 10.2 Å². The summed E-state index contributed by atoms with van der Waals surface area (Å²) in [6.45, 7) is 6.76. The Kier molecular flexibility index (Phi) is 5.29. The van der Waals surface area contributed by atoms with Gasteiger partial charge in [-0.15, -0.1) is 0 Å². The zero-order chi connectivity index (χ0) is 21.1. The molecule has 1 aliphatic heterocycles. The number of nitrogens with one attached hydrogen (secondary N) is 1. The van der Waals surface area contributed by atoms with Gasteiger partial charge >= 0.3 is 0 Å². The molecule has 4 heteroatoms. The number of nitrogens with zero attached hydrogens (tertiary/aromatic N) is 2. The molecule has 0 unspecified atom stereocenters. The van der Waals surface area contributed by atoms with Crippen LogP contribution in [0.5, 0.6) is 0 Å². The van der Waals surface area contributed by atoms with Crippen LogP contribution in [0.25, 0.3) is 11.1 Å². The number of pyridine rings is 1. The molecule has 1 aliphatic rings. The van der Waals surface area contributed by atoms with Crippen molar-refractivity contribution in [2.75, 3.05) is 11.4 Å². The summed E-state index contributed by atoms with van der Waals surface area (Å²) in [6.07, 6.45) is 4.51. The van der Waals surface area contributed by atoms with Crippen LogP contribution in [0.3, 0.4) is 0 Å². The highest BCUT2D eigenvalue weighted by atomic mass is 16.1. The fourth-order valence-corrected chi connectivity index (χ4v) is 3.81. The van der Waals surface area contributed by atoms with Gasteiger partial charge in [-0.25, -0.2) is 0 Å². The summed E-state index contributed by atoms with van der Waals surface area (Å²) >= 11 is 0. The molecule has 3 aromatic rings. The Balaban J connectivity index is 1.51. The highest BCUT2D eigenvalue weighted by Gasteiger charge is 2.24. The molecule has 150 valence electrons. The molecule has 0 radical (unpaired) electrons. The number of hydrogen-bond acceptors (Lipinski definition) is 3. The summed E-state index contributed by atoms with van der Waals surface area (Å²) < 4.78 is 0. The molecular formula is C26H25N3O. The largest absolute Gasteiger partial charge is 0.343 e. The van der Waals surface area contributed by atoms with Gasteiger partial charge in [-0.1, -0.05) is 30.2 Å². The van der Waals surface area contributed by atoms with Crippen molar-refractivity contribution >= 4 is 11.6 Å². The maximum absolute atomic E-state index is 12.8. The van der Waals surface area contributed by atoms with E-state index in [-0.39, 0.29) is 5.91 Å². The molecule has 4 nitrogen and oxygen atoms in total. The predicted molar refractivity (Wildman–Crippen MR) is 121 cm³/mol. The van der Waals surface area contributed by atoms with Crippen LogP contribution in [0.2, 0.25) is 0 Å². The van der Waals surface area contributed by atoms with Crippen molar-refractivity contribution in [3.8, 4) is 23.1 Å². The van der Waals surface area contributed by atoms with Gasteiger partial charge in [0.15, 0.2) is 0 Å². The lowest BCUT2D eigenvalue weighted by Gasteiger charge is -2.26. The highest BCUT2D eigenvalue weighted by Crippen LogP contribution is 2.32. The molecule has 1 aromatic heterocycles. The van der Waals surface area contributed by atoms with Crippen molar-refractivity contribution in [1.82, 2.24) is 10.3 Å². The molecule has 2 aromatic carbocycles. The van der Waals surface area contributed by atoms with Crippen molar-refractivity contribution in [3.05, 3.63) is 83.7 Å². The fourth-order valence-electron chi connectivity index (χ4n) is 3.81. The summed E-state index contributed by atoms with van der Waals surface area (Å²) in [5.74, 6) is 2.88. The van der Waals surface area contributed by atoms with Crippen molar-refractivity contribution in [1.29, 1.82) is 0 Å². The normalized spacial score (nSPS) is 12.7. The third-order valence-electron chi connectivity index (χ3n) is 5.51. The van der Waals surface area contributed by atoms with E-state index in [0.29, 0.717) is 5.56 Å². The SMILES string of the molecule is CC#CN1CCc2cc(-c3ccc(C(=O)NC(C)(C)c4cccnc4)cc3)ccc21. The molecular weight excluding hydrogens is 370 g/mol. The summed E-state index contributed by atoms with van der Waals surface area (Å²) in [4.78, 5) is 19.0. The Hall–Kier alpha value is -3.58. The molecule has 0 spiro atoms. The number of rotatable bonds is 4. The van der Waals surface area contributed by atoms with Gasteiger partial charge in [0.05, 0.1) is 11.2 Å². The molecule has 0 fully saturated rings. The van der Waals surface area contributed by atoms with Crippen molar-refractivity contribution in [2.45, 2.75) is 32.7 Å². The van der Waals surface area contributed by atoms with E-state index < -0.39 is 5.54 Å². The second kappa shape index (κ2) is 8.04. The molecule has 4 rings (SSSR count). The third-order valence-corrected chi connectivity index (χ3v) is 5.51. The van der Waals surface area contributed by atoms with Gasteiger partial charge in [-0.2, -0.15) is 0 Å². The Labute approximate surface area is 178 Å². The van der Waals surface area contributed by atoms with Crippen molar-refractivity contribution in [3.63, 3.8) is 0 Å². The Bertz CT molecular complexity index is 1120. The zero-order valence-corrected chi connectivity index (χ0v) is 17.6. The Morgan fingerprint density at radius 2 is 1.87 bits per heavy atom. The van der Waals surface area contributed by atoms with E-state index in [1.165, 1.54) is 11.3 Å². The Morgan fingerprint density at radius 1 is 1.10 bits per heavy atom. The fraction of sp³-hybridized carbons (Fsp3) is 0.231. The summed E-state index contributed by atoms with van der Waals surface area (Å²) in [5, 5.41) is 3.10. The summed E-state index contributed by atoms with van der Waals surface area (Å²) in [6, 6.07) is 21.3. The summed E-state index contributed by atoms with van der Waals surface area (Å²) in [7, 11) is 0. The first kappa shape index (κ1) is 19.7. The first-order valence-corrected chi connectivity index (χ1v) is 10.1. The highest BCUT2D eigenvalue weighted by molar-refractivity contribution is 5.95. The van der Waals surface area contributed by atoms with Gasteiger partial charge in [0.25, 0.3) is 5.91 Å². The number of hydrogen-bond donors (Lipinski definition) is 1. The Morgan fingerprint density at radius 3 is 2.57 bits per heavy atom. The molecule has 0 aliphatic carbocycles. The van der Waals surface area contributed by atoms with Crippen molar-refractivity contribution < 1.29 is 4.79 Å². The monoisotopic (exact) mass is 395 g/mol. The molecule has 0 saturated carbocycles. The molecule has 0 saturated heterocycles. The van der Waals surface area contributed by atoms with Crippen LogP contribution in [0.1, 0.15) is 42.3 Å². The van der Waals surface area contributed by atoms with Gasteiger partial charge in [-0.3, -0.25) is 9.78 Å². The van der Waals surface area contributed by atoms with E-state index in [1.54, 1.807) is 12.4 Å². The maximum atomic E-state index is 12.8. The predicted octanol–water partition coefficient (Wildman–Crippen LogP) is 4.76. The minimum atomic E-state index is -0.503. The standard InChI is InChI=1S/C26H25N3O/c1-4-15-29-16-13-22-17-21(11-12-24(22)29)19-7-9-20(10-8-19)25(30)28-26(2,3)23-6-5-14-27-18-23/h5-12,14,17-18H,13,16H2,1-3H3,(H,28,30). The van der Waals surface area contributed by atoms with Gasteiger partial charge in [0.2, 0.25) is 0 Å². The molecule has 2 heterocycles. The average molecular weight is 396 g/mol. The smallest absolute Gasteiger partial charge is 0.251 e.